The van der Waals surface area contributed by atoms with Crippen LogP contribution in [0.2, 0.25) is 0 Å². The smallest absolute Gasteiger partial charge is 0.418 e. The molecular formula is C28H28F3N5O4. The second-order valence-corrected chi connectivity index (χ2v) is 8.77. The first-order valence-corrected chi connectivity index (χ1v) is 12.1. The second-order valence-electron chi connectivity index (χ2n) is 8.77. The molecule has 0 aliphatic rings. The maximum Gasteiger partial charge on any atom is 0.418 e. The van der Waals surface area contributed by atoms with Crippen molar-refractivity contribution in [2.24, 2.45) is 0 Å². The van der Waals surface area contributed by atoms with Crippen molar-refractivity contribution in [1.82, 2.24) is 9.88 Å². The summed E-state index contributed by atoms with van der Waals surface area (Å²) in [6.07, 6.45) is -0.331. The Morgan fingerprint density at radius 3 is 2.25 bits per heavy atom. The van der Waals surface area contributed by atoms with Gasteiger partial charge in [-0.15, -0.1) is 0 Å². The van der Waals surface area contributed by atoms with Crippen LogP contribution in [0.15, 0.2) is 72.9 Å². The minimum Gasteiger partial charge on any atom is -0.457 e. The topological polar surface area (TPSA) is 113 Å². The molecule has 9 nitrogen and oxygen atoms in total. The van der Waals surface area contributed by atoms with Gasteiger partial charge in [0.05, 0.1) is 11.3 Å². The van der Waals surface area contributed by atoms with Gasteiger partial charge in [0.2, 0.25) is 5.91 Å². The highest BCUT2D eigenvalue weighted by Gasteiger charge is 2.34. The molecule has 2 aromatic carbocycles. The Morgan fingerprint density at radius 2 is 1.60 bits per heavy atom. The summed E-state index contributed by atoms with van der Waals surface area (Å²) in [5, 5.41) is 7.10. The van der Waals surface area contributed by atoms with Gasteiger partial charge in [0.25, 0.3) is 0 Å². The zero-order valence-electron chi connectivity index (χ0n) is 22.0. The number of hydrogen-bond acceptors (Lipinski definition) is 6. The number of amides is 3. The van der Waals surface area contributed by atoms with E-state index in [1.165, 1.54) is 36.5 Å². The maximum absolute atomic E-state index is 13.7. The Labute approximate surface area is 229 Å². The van der Waals surface area contributed by atoms with Gasteiger partial charge in [0, 0.05) is 42.7 Å². The van der Waals surface area contributed by atoms with Crippen LogP contribution >= 0.6 is 0 Å². The number of rotatable bonds is 10. The highest BCUT2D eigenvalue weighted by atomic mass is 19.4. The summed E-state index contributed by atoms with van der Waals surface area (Å²) in [6.45, 7) is 2.18. The SMILES string of the molecule is CCC(=O)c1cc(Oc2ccc(NC(=O)Nc3ccc(NC(=O)/C=C/CN(C)C)c(C(F)(F)F)c3)cc2)ccn1. The molecule has 0 unspecified atom stereocenters. The monoisotopic (exact) mass is 555 g/mol. The molecule has 0 atom stereocenters. The fourth-order valence-corrected chi connectivity index (χ4v) is 3.35. The summed E-state index contributed by atoms with van der Waals surface area (Å²) in [5.74, 6) is 0.00795. The molecule has 0 spiro atoms. The van der Waals surface area contributed by atoms with Gasteiger partial charge in [-0.3, -0.25) is 14.6 Å². The zero-order chi connectivity index (χ0) is 29.3. The standard InChI is InChI=1S/C28H28F3N5O4/c1-4-25(37)24-17-21(13-14-32-24)40-20-10-7-18(8-11-20)33-27(39)34-19-9-12-23(22(16-19)28(29,30)31)35-26(38)6-5-15-36(2)3/h5-14,16-17H,4,15H2,1-3H3,(H,35,38)(H2,33,34,39)/b6-5+. The number of ketones is 1. The van der Waals surface area contributed by atoms with Crippen molar-refractivity contribution >= 4 is 34.8 Å². The van der Waals surface area contributed by atoms with Crippen LogP contribution in [0.25, 0.3) is 0 Å². The molecule has 40 heavy (non-hydrogen) atoms. The number of aromatic nitrogens is 1. The number of hydrogen-bond donors (Lipinski definition) is 3. The number of nitrogens with zero attached hydrogens (tertiary/aromatic N) is 2. The number of carbonyl (C=O) groups excluding carboxylic acids is 3. The second kappa shape index (κ2) is 13.4. The number of anilines is 3. The van der Waals surface area contributed by atoms with Crippen LogP contribution in [-0.2, 0) is 11.0 Å². The predicted molar refractivity (Wildman–Crippen MR) is 146 cm³/mol. The number of carbonyl (C=O) groups is 3. The van der Waals surface area contributed by atoms with Gasteiger partial charge in [-0.1, -0.05) is 13.0 Å². The molecule has 0 aliphatic heterocycles. The summed E-state index contributed by atoms with van der Waals surface area (Å²) >= 11 is 0. The quantitative estimate of drug-likeness (QED) is 0.203. The van der Waals surface area contributed by atoms with E-state index < -0.39 is 29.4 Å². The van der Waals surface area contributed by atoms with Gasteiger partial charge in [0.1, 0.15) is 17.2 Å². The van der Waals surface area contributed by atoms with E-state index in [-0.39, 0.29) is 17.2 Å². The molecule has 3 N–H and O–H groups in total. The first-order chi connectivity index (χ1) is 18.9. The first kappa shape index (κ1) is 29.8. The molecule has 0 fully saturated rings. The third-order valence-corrected chi connectivity index (χ3v) is 5.27. The first-order valence-electron chi connectivity index (χ1n) is 12.1. The molecule has 3 amide bonds. The average Bonchev–Trinajstić information content (AvgIpc) is 2.89. The number of benzene rings is 2. The Hall–Kier alpha value is -4.71. The highest BCUT2D eigenvalue weighted by Crippen LogP contribution is 2.36. The van der Waals surface area contributed by atoms with Gasteiger partial charge in [-0.25, -0.2) is 4.79 Å². The summed E-state index contributed by atoms with van der Waals surface area (Å²) in [6, 6.07) is 11.6. The Kier molecular flexibility index (Phi) is 9.98. The van der Waals surface area contributed by atoms with Crippen molar-refractivity contribution in [3.05, 3.63) is 84.2 Å². The van der Waals surface area contributed by atoms with Crippen LogP contribution in [0, 0.1) is 0 Å². The third kappa shape index (κ3) is 8.95. The van der Waals surface area contributed by atoms with Gasteiger partial charge in [-0.2, -0.15) is 13.2 Å². The summed E-state index contributed by atoms with van der Waals surface area (Å²) in [7, 11) is 3.57. The molecule has 1 heterocycles. The van der Waals surface area contributed by atoms with Crippen LogP contribution < -0.4 is 20.7 Å². The van der Waals surface area contributed by atoms with Gasteiger partial charge < -0.3 is 25.6 Å². The molecular weight excluding hydrogens is 527 g/mol. The normalized spacial score (nSPS) is 11.4. The van der Waals surface area contributed by atoms with Crippen LogP contribution in [-0.4, -0.2) is 48.2 Å². The van der Waals surface area contributed by atoms with E-state index in [4.69, 9.17) is 4.74 Å². The minimum atomic E-state index is -4.78. The van der Waals surface area contributed by atoms with Crippen LogP contribution in [0.5, 0.6) is 11.5 Å². The van der Waals surface area contributed by atoms with Crippen molar-refractivity contribution in [2.45, 2.75) is 19.5 Å². The molecule has 3 aromatic rings. The lowest BCUT2D eigenvalue weighted by Gasteiger charge is -2.15. The van der Waals surface area contributed by atoms with Crippen molar-refractivity contribution < 1.29 is 32.3 Å². The zero-order valence-corrected chi connectivity index (χ0v) is 22.0. The van der Waals surface area contributed by atoms with Crippen molar-refractivity contribution in [2.75, 3.05) is 36.6 Å². The van der Waals surface area contributed by atoms with Crippen molar-refractivity contribution in [3.63, 3.8) is 0 Å². The summed E-state index contributed by atoms with van der Waals surface area (Å²) in [5.41, 5.74) is -1.03. The molecule has 0 saturated carbocycles. The fourth-order valence-electron chi connectivity index (χ4n) is 3.35. The molecule has 0 saturated heterocycles. The third-order valence-electron chi connectivity index (χ3n) is 5.27. The maximum atomic E-state index is 13.7. The van der Waals surface area contributed by atoms with Crippen LogP contribution in [0.4, 0.5) is 35.0 Å². The number of halogens is 3. The lowest BCUT2D eigenvalue weighted by molar-refractivity contribution is -0.136. The molecule has 1 aromatic heterocycles. The van der Waals surface area contributed by atoms with Crippen LogP contribution in [0.3, 0.4) is 0 Å². The lowest BCUT2D eigenvalue weighted by Crippen LogP contribution is -2.20. The Morgan fingerprint density at radius 1 is 0.925 bits per heavy atom. The van der Waals surface area contributed by atoms with E-state index in [1.54, 1.807) is 44.1 Å². The molecule has 0 bridgehead atoms. The van der Waals surface area contributed by atoms with Crippen molar-refractivity contribution in [3.8, 4) is 11.5 Å². The van der Waals surface area contributed by atoms with Crippen LogP contribution in [0.1, 0.15) is 29.4 Å². The average molecular weight is 556 g/mol. The molecule has 3 rings (SSSR count). The number of Topliss-reactive ketones (excluding diaryl/α,β-unsaturated/α-hetero) is 1. The number of likely N-dealkylation sites (N-methyl/N-ethyl adjacent to an activating group) is 1. The molecule has 210 valence electrons. The number of nitrogens with one attached hydrogen (secondary N) is 3. The minimum absolute atomic E-state index is 0.120. The highest BCUT2D eigenvalue weighted by molar-refractivity contribution is 6.02. The number of ether oxygens (including phenoxy) is 1. The number of pyridine rings is 1. The molecule has 12 heteroatoms. The molecule has 0 aliphatic carbocycles. The van der Waals surface area contributed by atoms with E-state index >= 15 is 0 Å². The number of urea groups is 1. The summed E-state index contributed by atoms with van der Waals surface area (Å²) in [4.78, 5) is 42.1. The summed E-state index contributed by atoms with van der Waals surface area (Å²) < 4.78 is 46.7. The van der Waals surface area contributed by atoms with E-state index in [0.29, 0.717) is 30.2 Å². The van der Waals surface area contributed by atoms with E-state index in [2.05, 4.69) is 20.9 Å². The van der Waals surface area contributed by atoms with Gasteiger partial charge in [-0.05, 0) is 62.6 Å². The van der Waals surface area contributed by atoms with Gasteiger partial charge >= 0.3 is 12.2 Å². The molecule has 0 radical (unpaired) electrons. The predicted octanol–water partition coefficient (Wildman–Crippen LogP) is 6.19. The number of alkyl halides is 3. The lowest BCUT2D eigenvalue weighted by atomic mass is 10.1. The Bertz CT molecular complexity index is 1390. The van der Waals surface area contributed by atoms with E-state index in [9.17, 15) is 27.6 Å². The largest absolute Gasteiger partial charge is 0.457 e. The van der Waals surface area contributed by atoms with E-state index in [1.807, 2.05) is 0 Å². The van der Waals surface area contributed by atoms with E-state index in [0.717, 1.165) is 18.2 Å². The van der Waals surface area contributed by atoms with Crippen molar-refractivity contribution in [1.29, 1.82) is 0 Å². The Balaban J connectivity index is 1.63. The van der Waals surface area contributed by atoms with Gasteiger partial charge in [0.15, 0.2) is 5.78 Å². The fraction of sp³-hybridized carbons (Fsp3) is 0.214.